The Morgan fingerprint density at radius 2 is 1.90 bits per heavy atom. The number of nitro groups is 1. The third-order valence-electron chi connectivity index (χ3n) is 4.46. The number of carbonyl (C=O) groups is 2. The highest BCUT2D eigenvalue weighted by atomic mass is 16.6. The number of carbonyl (C=O) groups excluding carboxylic acids is 2. The number of nitrogens with zero attached hydrogens (tertiary/aromatic N) is 1. The Bertz CT molecular complexity index is 942. The number of methoxy groups -OCH3 is 1. The molecule has 152 valence electrons. The van der Waals surface area contributed by atoms with Crippen LogP contribution in [0.5, 0.6) is 11.5 Å². The van der Waals surface area contributed by atoms with Gasteiger partial charge in [0, 0.05) is 6.07 Å². The maximum atomic E-state index is 12.0. The van der Waals surface area contributed by atoms with Crippen LogP contribution in [-0.4, -0.2) is 37.1 Å². The molecule has 0 bridgehead atoms. The fraction of sp³-hybridized carbons (Fsp3) is 0.300. The van der Waals surface area contributed by atoms with Gasteiger partial charge in [0.2, 0.25) is 0 Å². The summed E-state index contributed by atoms with van der Waals surface area (Å²) in [6, 6.07) is 9.48. The van der Waals surface area contributed by atoms with Crippen LogP contribution in [0.1, 0.15) is 17.5 Å². The van der Waals surface area contributed by atoms with E-state index in [2.05, 4.69) is 5.32 Å². The molecule has 29 heavy (non-hydrogen) atoms. The summed E-state index contributed by atoms with van der Waals surface area (Å²) in [5, 5.41) is 13.3. The second-order valence-corrected chi connectivity index (χ2v) is 6.42. The number of anilines is 1. The topological polar surface area (TPSA) is 117 Å². The Morgan fingerprint density at radius 3 is 2.66 bits per heavy atom. The van der Waals surface area contributed by atoms with Crippen LogP contribution in [0.15, 0.2) is 36.4 Å². The van der Waals surface area contributed by atoms with Crippen molar-refractivity contribution in [2.75, 3.05) is 25.6 Å². The van der Waals surface area contributed by atoms with Crippen molar-refractivity contribution in [2.24, 2.45) is 0 Å². The van der Waals surface area contributed by atoms with E-state index in [1.807, 2.05) is 18.2 Å². The van der Waals surface area contributed by atoms with Crippen molar-refractivity contribution >= 4 is 23.3 Å². The molecular formula is C20H20N2O7. The molecule has 0 atom stereocenters. The maximum Gasteiger partial charge on any atom is 0.344 e. The summed E-state index contributed by atoms with van der Waals surface area (Å²) in [7, 11) is 1.32. The zero-order valence-electron chi connectivity index (χ0n) is 15.8. The van der Waals surface area contributed by atoms with Gasteiger partial charge in [-0.15, -0.1) is 0 Å². The summed E-state index contributed by atoms with van der Waals surface area (Å²) < 4.78 is 15.4. The largest absolute Gasteiger partial charge is 0.494 e. The van der Waals surface area contributed by atoms with Crippen molar-refractivity contribution in [1.29, 1.82) is 0 Å². The SMILES string of the molecule is COc1cc([N+](=O)[O-])ccc1NC(=O)COC(=O)COc1ccc2c(c1)CCC2. The van der Waals surface area contributed by atoms with E-state index in [0.29, 0.717) is 5.75 Å². The molecule has 2 aromatic carbocycles. The molecule has 0 aromatic heterocycles. The highest BCUT2D eigenvalue weighted by Gasteiger charge is 2.15. The highest BCUT2D eigenvalue weighted by molar-refractivity contribution is 5.94. The van der Waals surface area contributed by atoms with Gasteiger partial charge in [0.05, 0.1) is 23.8 Å². The van der Waals surface area contributed by atoms with Crippen LogP contribution < -0.4 is 14.8 Å². The quantitative estimate of drug-likeness (QED) is 0.411. The summed E-state index contributed by atoms with van der Waals surface area (Å²) in [4.78, 5) is 34.0. The maximum absolute atomic E-state index is 12.0. The second-order valence-electron chi connectivity index (χ2n) is 6.42. The Kier molecular flexibility index (Phi) is 6.28. The summed E-state index contributed by atoms with van der Waals surface area (Å²) in [6.07, 6.45) is 3.19. The zero-order chi connectivity index (χ0) is 20.8. The van der Waals surface area contributed by atoms with Gasteiger partial charge in [0.25, 0.3) is 11.6 Å². The number of aryl methyl sites for hydroxylation is 2. The number of ether oxygens (including phenoxy) is 3. The van der Waals surface area contributed by atoms with E-state index in [0.717, 1.165) is 19.3 Å². The first-order chi connectivity index (χ1) is 14.0. The molecular weight excluding hydrogens is 380 g/mol. The second kappa shape index (κ2) is 9.05. The summed E-state index contributed by atoms with van der Waals surface area (Å²) in [5.74, 6) is -0.583. The summed E-state index contributed by atoms with van der Waals surface area (Å²) in [5.41, 5.74) is 2.59. The van der Waals surface area contributed by atoms with E-state index in [9.17, 15) is 19.7 Å². The van der Waals surface area contributed by atoms with Gasteiger partial charge < -0.3 is 19.5 Å². The number of fused-ring (bicyclic) bond motifs is 1. The van der Waals surface area contributed by atoms with E-state index in [1.165, 1.54) is 36.4 Å². The number of hydrogen-bond acceptors (Lipinski definition) is 7. The average molecular weight is 400 g/mol. The fourth-order valence-corrected chi connectivity index (χ4v) is 3.05. The van der Waals surface area contributed by atoms with Gasteiger partial charge in [-0.3, -0.25) is 14.9 Å². The minimum Gasteiger partial charge on any atom is -0.494 e. The Balaban J connectivity index is 1.46. The minimum atomic E-state index is -0.684. The molecule has 0 saturated heterocycles. The first kappa shape index (κ1) is 20.1. The van der Waals surface area contributed by atoms with Crippen LogP contribution in [0.4, 0.5) is 11.4 Å². The van der Waals surface area contributed by atoms with Crippen molar-refractivity contribution in [3.05, 3.63) is 57.6 Å². The van der Waals surface area contributed by atoms with Crippen LogP contribution in [0.2, 0.25) is 0 Å². The Hall–Kier alpha value is -3.62. The fourth-order valence-electron chi connectivity index (χ4n) is 3.05. The predicted molar refractivity (Wildman–Crippen MR) is 103 cm³/mol. The van der Waals surface area contributed by atoms with Crippen molar-refractivity contribution in [2.45, 2.75) is 19.3 Å². The lowest BCUT2D eigenvalue weighted by molar-refractivity contribution is -0.384. The van der Waals surface area contributed by atoms with Gasteiger partial charge in [-0.2, -0.15) is 0 Å². The van der Waals surface area contributed by atoms with Crippen LogP contribution in [-0.2, 0) is 27.2 Å². The molecule has 0 heterocycles. The molecule has 0 unspecified atom stereocenters. The third kappa shape index (κ3) is 5.22. The number of nitrogens with one attached hydrogen (secondary N) is 1. The lowest BCUT2D eigenvalue weighted by atomic mass is 10.1. The van der Waals surface area contributed by atoms with E-state index in [-0.39, 0.29) is 23.7 Å². The Morgan fingerprint density at radius 1 is 1.10 bits per heavy atom. The molecule has 1 N–H and O–H groups in total. The molecule has 1 aliphatic rings. The normalized spacial score (nSPS) is 12.0. The highest BCUT2D eigenvalue weighted by Crippen LogP contribution is 2.29. The zero-order valence-corrected chi connectivity index (χ0v) is 15.8. The summed E-state index contributed by atoms with van der Waals surface area (Å²) >= 11 is 0. The van der Waals surface area contributed by atoms with Gasteiger partial charge in [-0.25, -0.2) is 4.79 Å². The molecule has 9 heteroatoms. The molecule has 9 nitrogen and oxygen atoms in total. The smallest absolute Gasteiger partial charge is 0.344 e. The van der Waals surface area contributed by atoms with Crippen LogP contribution in [0, 0.1) is 10.1 Å². The lowest BCUT2D eigenvalue weighted by Crippen LogP contribution is -2.23. The van der Waals surface area contributed by atoms with Gasteiger partial charge in [0.1, 0.15) is 11.5 Å². The van der Waals surface area contributed by atoms with E-state index in [4.69, 9.17) is 14.2 Å². The molecule has 0 spiro atoms. The minimum absolute atomic E-state index is 0.124. The number of non-ortho nitro benzene ring substituents is 1. The van der Waals surface area contributed by atoms with Crippen molar-refractivity contribution in [3.8, 4) is 11.5 Å². The number of nitro benzene ring substituents is 1. The first-order valence-corrected chi connectivity index (χ1v) is 8.99. The molecule has 0 aliphatic heterocycles. The van der Waals surface area contributed by atoms with Crippen LogP contribution in [0.25, 0.3) is 0 Å². The number of esters is 1. The first-order valence-electron chi connectivity index (χ1n) is 8.99. The van der Waals surface area contributed by atoms with E-state index in [1.54, 1.807) is 0 Å². The van der Waals surface area contributed by atoms with Gasteiger partial charge in [0.15, 0.2) is 13.2 Å². The molecule has 3 rings (SSSR count). The summed E-state index contributed by atoms with van der Waals surface area (Å²) in [6.45, 7) is -0.834. The lowest BCUT2D eigenvalue weighted by Gasteiger charge is -2.11. The Labute approximate surface area is 166 Å². The molecule has 0 radical (unpaired) electrons. The van der Waals surface area contributed by atoms with Crippen LogP contribution in [0.3, 0.4) is 0 Å². The van der Waals surface area contributed by atoms with Crippen molar-refractivity contribution < 1.29 is 28.7 Å². The van der Waals surface area contributed by atoms with Crippen molar-refractivity contribution in [1.82, 2.24) is 0 Å². The number of hydrogen-bond donors (Lipinski definition) is 1. The van der Waals surface area contributed by atoms with E-state index >= 15 is 0 Å². The predicted octanol–water partition coefficient (Wildman–Crippen LogP) is 2.65. The molecule has 2 aromatic rings. The number of amides is 1. The van der Waals surface area contributed by atoms with Gasteiger partial charge in [-0.05, 0) is 48.6 Å². The molecule has 0 fully saturated rings. The molecule has 0 saturated carbocycles. The molecule has 1 amide bonds. The number of rotatable bonds is 8. The van der Waals surface area contributed by atoms with Crippen molar-refractivity contribution in [3.63, 3.8) is 0 Å². The number of benzene rings is 2. The van der Waals surface area contributed by atoms with Crippen LogP contribution >= 0.6 is 0 Å². The van der Waals surface area contributed by atoms with Gasteiger partial charge >= 0.3 is 5.97 Å². The average Bonchev–Trinajstić information content (AvgIpc) is 3.18. The van der Waals surface area contributed by atoms with E-state index < -0.39 is 23.4 Å². The van der Waals surface area contributed by atoms with Gasteiger partial charge in [-0.1, -0.05) is 6.07 Å². The molecule has 1 aliphatic carbocycles. The monoisotopic (exact) mass is 400 g/mol. The standard InChI is InChI=1S/C20H20N2O7/c1-27-18-10-15(22(25)26)6-8-17(18)21-19(23)11-29-20(24)12-28-16-7-5-13-3-2-4-14(13)9-16/h5-10H,2-4,11-12H2,1H3,(H,21,23). The third-order valence-corrected chi connectivity index (χ3v) is 4.46.